The van der Waals surface area contributed by atoms with E-state index in [0.717, 1.165) is 33.5 Å². The van der Waals surface area contributed by atoms with Crippen LogP contribution < -0.4 is 0 Å². The molecule has 0 atom stereocenters. The van der Waals surface area contributed by atoms with Crippen molar-refractivity contribution in [3.05, 3.63) is 195 Å². The highest BCUT2D eigenvalue weighted by atomic mass is 14.7. The zero-order valence-electron chi connectivity index (χ0n) is 26.4. The standard InChI is InChI=1S/C46H32N2/c1-3-12-33(13-4-1)38-26-39(34-14-5-2-6-15-34)29-42(28-38)45-18-8-7-17-44(45)36-22-20-35(21-23-36)40-27-41(37-16-11-24-47-32-37)31-43(30-40)46-19-9-10-25-48-46/h1-32H. The van der Waals surface area contributed by atoms with Crippen molar-refractivity contribution < 1.29 is 0 Å². The van der Waals surface area contributed by atoms with Gasteiger partial charge in [-0.25, -0.2) is 0 Å². The van der Waals surface area contributed by atoms with Gasteiger partial charge in [0.2, 0.25) is 0 Å². The first-order valence-corrected chi connectivity index (χ1v) is 16.2. The van der Waals surface area contributed by atoms with Gasteiger partial charge in [-0.2, -0.15) is 0 Å². The molecule has 0 saturated carbocycles. The Hall–Kier alpha value is -6.38. The second kappa shape index (κ2) is 13.2. The van der Waals surface area contributed by atoms with E-state index in [1.54, 1.807) is 0 Å². The Morgan fingerprint density at radius 3 is 1.29 bits per heavy atom. The molecule has 226 valence electrons. The molecule has 6 aromatic carbocycles. The molecule has 0 saturated heterocycles. The molecule has 8 rings (SSSR count). The molecule has 0 bridgehead atoms. The Balaban J connectivity index is 1.21. The number of hydrogen-bond donors (Lipinski definition) is 0. The Morgan fingerprint density at radius 2 is 0.729 bits per heavy atom. The van der Waals surface area contributed by atoms with Crippen LogP contribution in [0.15, 0.2) is 195 Å². The molecule has 48 heavy (non-hydrogen) atoms. The summed E-state index contributed by atoms with van der Waals surface area (Å²) in [4.78, 5) is 9.02. The summed E-state index contributed by atoms with van der Waals surface area (Å²) < 4.78 is 0. The van der Waals surface area contributed by atoms with Gasteiger partial charge in [-0.05, 0) is 116 Å². The molecule has 0 aliphatic rings. The van der Waals surface area contributed by atoms with Gasteiger partial charge < -0.3 is 0 Å². The van der Waals surface area contributed by atoms with Crippen molar-refractivity contribution in [2.24, 2.45) is 0 Å². The molecule has 2 heterocycles. The maximum Gasteiger partial charge on any atom is 0.0702 e. The highest BCUT2D eigenvalue weighted by molar-refractivity contribution is 5.89. The molecule has 0 aliphatic carbocycles. The van der Waals surface area contributed by atoms with Crippen molar-refractivity contribution in [3.8, 4) is 78.0 Å². The van der Waals surface area contributed by atoms with Gasteiger partial charge in [0.25, 0.3) is 0 Å². The molecule has 0 N–H and O–H groups in total. The number of hydrogen-bond acceptors (Lipinski definition) is 2. The Morgan fingerprint density at radius 1 is 0.271 bits per heavy atom. The molecule has 2 heteroatoms. The average Bonchev–Trinajstić information content (AvgIpc) is 3.19. The quantitative estimate of drug-likeness (QED) is 0.179. The lowest BCUT2D eigenvalue weighted by atomic mass is 9.89. The average molecular weight is 613 g/mol. The van der Waals surface area contributed by atoms with Gasteiger partial charge in [0.05, 0.1) is 5.69 Å². The summed E-state index contributed by atoms with van der Waals surface area (Å²) in [5.41, 5.74) is 16.1. The molecule has 0 radical (unpaired) electrons. The summed E-state index contributed by atoms with van der Waals surface area (Å²) in [6, 6.07) is 62.6. The second-order valence-corrected chi connectivity index (χ2v) is 11.9. The third-order valence-corrected chi connectivity index (χ3v) is 8.80. The van der Waals surface area contributed by atoms with Crippen LogP contribution in [0.5, 0.6) is 0 Å². The zero-order valence-corrected chi connectivity index (χ0v) is 26.4. The Kier molecular flexibility index (Phi) is 7.96. The van der Waals surface area contributed by atoms with E-state index >= 15 is 0 Å². The summed E-state index contributed by atoms with van der Waals surface area (Å²) in [5, 5.41) is 0. The van der Waals surface area contributed by atoms with Gasteiger partial charge in [-0.3, -0.25) is 9.97 Å². The fourth-order valence-corrected chi connectivity index (χ4v) is 6.38. The first-order chi connectivity index (χ1) is 23.8. The minimum atomic E-state index is 0.947. The smallest absolute Gasteiger partial charge is 0.0702 e. The first kappa shape index (κ1) is 29.1. The molecular weight excluding hydrogens is 581 g/mol. The minimum Gasteiger partial charge on any atom is -0.264 e. The predicted molar refractivity (Wildman–Crippen MR) is 200 cm³/mol. The van der Waals surface area contributed by atoms with E-state index in [4.69, 9.17) is 0 Å². The van der Waals surface area contributed by atoms with E-state index in [1.807, 2.05) is 36.8 Å². The van der Waals surface area contributed by atoms with Crippen molar-refractivity contribution in [1.82, 2.24) is 9.97 Å². The van der Waals surface area contributed by atoms with Crippen molar-refractivity contribution in [2.75, 3.05) is 0 Å². The summed E-state index contributed by atoms with van der Waals surface area (Å²) >= 11 is 0. The topological polar surface area (TPSA) is 25.8 Å². The van der Waals surface area contributed by atoms with Crippen LogP contribution in [0.4, 0.5) is 0 Å². The number of aromatic nitrogens is 2. The lowest BCUT2D eigenvalue weighted by Crippen LogP contribution is -1.90. The minimum absolute atomic E-state index is 0.947. The molecule has 2 nitrogen and oxygen atoms in total. The van der Waals surface area contributed by atoms with Crippen molar-refractivity contribution in [3.63, 3.8) is 0 Å². The number of benzene rings is 6. The largest absolute Gasteiger partial charge is 0.264 e. The lowest BCUT2D eigenvalue weighted by Gasteiger charge is -2.15. The van der Waals surface area contributed by atoms with Crippen LogP contribution in [-0.4, -0.2) is 9.97 Å². The summed E-state index contributed by atoms with van der Waals surface area (Å²) in [5.74, 6) is 0. The number of rotatable bonds is 7. The monoisotopic (exact) mass is 612 g/mol. The first-order valence-electron chi connectivity index (χ1n) is 16.2. The van der Waals surface area contributed by atoms with Crippen molar-refractivity contribution in [2.45, 2.75) is 0 Å². The van der Waals surface area contributed by atoms with Crippen LogP contribution in [-0.2, 0) is 0 Å². The highest BCUT2D eigenvalue weighted by Gasteiger charge is 2.13. The molecule has 8 aromatic rings. The second-order valence-electron chi connectivity index (χ2n) is 11.9. The maximum atomic E-state index is 4.65. The molecule has 2 aromatic heterocycles. The highest BCUT2D eigenvalue weighted by Crippen LogP contribution is 2.39. The van der Waals surface area contributed by atoms with Gasteiger partial charge in [0, 0.05) is 29.7 Å². The molecule has 0 unspecified atom stereocenters. The fourth-order valence-electron chi connectivity index (χ4n) is 6.38. The third kappa shape index (κ3) is 6.08. The van der Waals surface area contributed by atoms with Crippen molar-refractivity contribution >= 4 is 0 Å². The SMILES string of the molecule is c1ccc(-c2cc(-c3ccccc3)cc(-c3ccccc3-c3ccc(-c4cc(-c5cccnc5)cc(-c5ccccn5)c4)cc3)c2)cc1. The van der Waals surface area contributed by atoms with E-state index in [-0.39, 0.29) is 0 Å². The lowest BCUT2D eigenvalue weighted by molar-refractivity contribution is 1.32. The van der Waals surface area contributed by atoms with Crippen LogP contribution in [0.2, 0.25) is 0 Å². The van der Waals surface area contributed by atoms with E-state index in [0.29, 0.717) is 0 Å². The van der Waals surface area contributed by atoms with Crippen LogP contribution in [0.25, 0.3) is 78.0 Å². The van der Waals surface area contributed by atoms with E-state index in [2.05, 4.69) is 168 Å². The molecule has 0 spiro atoms. The van der Waals surface area contributed by atoms with Crippen LogP contribution >= 0.6 is 0 Å². The summed E-state index contributed by atoms with van der Waals surface area (Å²) in [6.07, 6.45) is 5.57. The van der Waals surface area contributed by atoms with Gasteiger partial charge in [0.1, 0.15) is 0 Å². The van der Waals surface area contributed by atoms with Gasteiger partial charge in [0.15, 0.2) is 0 Å². The van der Waals surface area contributed by atoms with E-state index in [9.17, 15) is 0 Å². The van der Waals surface area contributed by atoms with Gasteiger partial charge in [-0.15, -0.1) is 0 Å². The Bertz CT molecular complexity index is 2180. The van der Waals surface area contributed by atoms with Gasteiger partial charge in [-0.1, -0.05) is 121 Å². The zero-order chi connectivity index (χ0) is 32.1. The molecular formula is C46H32N2. The third-order valence-electron chi connectivity index (χ3n) is 8.80. The summed E-state index contributed by atoms with van der Waals surface area (Å²) in [6.45, 7) is 0. The fraction of sp³-hybridized carbons (Fsp3) is 0. The molecule has 0 amide bonds. The van der Waals surface area contributed by atoms with Crippen LogP contribution in [0.3, 0.4) is 0 Å². The predicted octanol–water partition coefficient (Wildman–Crippen LogP) is 12.1. The van der Waals surface area contributed by atoms with Crippen LogP contribution in [0, 0.1) is 0 Å². The molecule has 0 fully saturated rings. The molecule has 0 aliphatic heterocycles. The van der Waals surface area contributed by atoms with Crippen molar-refractivity contribution in [1.29, 1.82) is 0 Å². The van der Waals surface area contributed by atoms with E-state index in [1.165, 1.54) is 44.5 Å². The van der Waals surface area contributed by atoms with Gasteiger partial charge >= 0.3 is 0 Å². The number of pyridine rings is 2. The number of nitrogens with zero attached hydrogens (tertiary/aromatic N) is 2. The maximum absolute atomic E-state index is 4.65. The normalized spacial score (nSPS) is 10.9. The van der Waals surface area contributed by atoms with E-state index < -0.39 is 0 Å². The Labute approximate surface area is 281 Å². The summed E-state index contributed by atoms with van der Waals surface area (Å²) in [7, 11) is 0. The van der Waals surface area contributed by atoms with Crippen LogP contribution in [0.1, 0.15) is 0 Å².